The van der Waals surface area contributed by atoms with Crippen molar-refractivity contribution in [1.29, 1.82) is 0 Å². The van der Waals surface area contributed by atoms with Gasteiger partial charge in [0.1, 0.15) is 5.69 Å². The van der Waals surface area contributed by atoms with Gasteiger partial charge in [0.25, 0.3) is 5.69 Å². The minimum atomic E-state index is -0.487. The van der Waals surface area contributed by atoms with Crippen LogP contribution in [0.3, 0.4) is 0 Å². The third-order valence-corrected chi connectivity index (χ3v) is 4.12. The summed E-state index contributed by atoms with van der Waals surface area (Å²) in [7, 11) is 0. The molecule has 2 aromatic carbocycles. The fraction of sp³-hybridized carbons (Fsp3) is 0.188. The summed E-state index contributed by atoms with van der Waals surface area (Å²) in [4.78, 5) is 23.8. The Morgan fingerprint density at radius 3 is 2.68 bits per heavy atom. The molecule has 0 radical (unpaired) electrons. The average Bonchev–Trinajstić information content (AvgIpc) is 2.93. The molecule has 0 N–H and O–H groups in total. The number of nitrogens with zero attached hydrogens (tertiary/aromatic N) is 5. The van der Waals surface area contributed by atoms with Gasteiger partial charge in [0.2, 0.25) is 0 Å². The Morgan fingerprint density at radius 1 is 1.24 bits per heavy atom. The smallest absolute Gasteiger partial charge is 0.258 e. The number of hydrogen-bond acceptors (Lipinski definition) is 5. The second-order valence-electron chi connectivity index (χ2n) is 5.46. The van der Waals surface area contributed by atoms with E-state index in [9.17, 15) is 14.9 Å². The minimum absolute atomic E-state index is 0.0729. The number of rotatable bonds is 5. The van der Waals surface area contributed by atoms with E-state index in [4.69, 9.17) is 11.6 Å². The second-order valence-corrected chi connectivity index (χ2v) is 5.87. The standard InChI is InChI=1S/C16H14ClN5O3/c1-11-10-12(6-7-14(11)22(24)25)8-9-20-16(23)18-19-21(20)15-5-3-2-4-13(15)17/h2-7,10H,8-9H2,1H3. The first-order valence-corrected chi connectivity index (χ1v) is 7.87. The summed E-state index contributed by atoms with van der Waals surface area (Å²) in [6.07, 6.45) is 0.497. The maximum absolute atomic E-state index is 12.0. The summed E-state index contributed by atoms with van der Waals surface area (Å²) >= 11 is 6.16. The summed E-state index contributed by atoms with van der Waals surface area (Å²) in [6, 6.07) is 11.9. The van der Waals surface area contributed by atoms with Crippen LogP contribution >= 0.6 is 11.6 Å². The molecule has 0 fully saturated rings. The molecule has 128 valence electrons. The number of halogens is 1. The SMILES string of the molecule is Cc1cc(CCn2c(=O)nnn2-c2ccccc2Cl)ccc1[N+](=O)[O-]. The fourth-order valence-electron chi connectivity index (χ4n) is 2.56. The molecule has 0 aliphatic heterocycles. The van der Waals surface area contributed by atoms with Crippen molar-refractivity contribution in [3.63, 3.8) is 0 Å². The van der Waals surface area contributed by atoms with Crippen LogP contribution in [0.2, 0.25) is 5.02 Å². The van der Waals surface area contributed by atoms with Gasteiger partial charge in [0, 0.05) is 11.6 Å². The van der Waals surface area contributed by atoms with Gasteiger partial charge in [0.05, 0.1) is 16.5 Å². The molecule has 0 saturated carbocycles. The summed E-state index contributed by atoms with van der Waals surface area (Å²) < 4.78 is 1.37. The predicted molar refractivity (Wildman–Crippen MR) is 92.2 cm³/mol. The van der Waals surface area contributed by atoms with Crippen LogP contribution in [0, 0.1) is 17.0 Å². The highest BCUT2D eigenvalue weighted by Gasteiger charge is 2.13. The summed E-state index contributed by atoms with van der Waals surface area (Å²) in [5.41, 5.74) is 1.59. The Kier molecular flexibility index (Phi) is 4.62. The van der Waals surface area contributed by atoms with Gasteiger partial charge in [0.15, 0.2) is 0 Å². The van der Waals surface area contributed by atoms with Crippen molar-refractivity contribution in [3.05, 3.63) is 79.2 Å². The largest absolute Gasteiger partial charge is 0.384 e. The molecule has 0 aliphatic carbocycles. The third-order valence-electron chi connectivity index (χ3n) is 3.80. The van der Waals surface area contributed by atoms with E-state index < -0.39 is 10.6 Å². The van der Waals surface area contributed by atoms with E-state index in [0.29, 0.717) is 29.2 Å². The second kappa shape index (κ2) is 6.86. The normalized spacial score (nSPS) is 10.8. The maximum atomic E-state index is 12.0. The zero-order valence-electron chi connectivity index (χ0n) is 13.3. The molecule has 25 heavy (non-hydrogen) atoms. The first-order valence-electron chi connectivity index (χ1n) is 7.49. The highest BCUT2D eigenvalue weighted by atomic mass is 35.5. The molecule has 3 rings (SSSR count). The zero-order valence-corrected chi connectivity index (χ0v) is 14.1. The lowest BCUT2D eigenvalue weighted by molar-refractivity contribution is -0.385. The maximum Gasteiger partial charge on any atom is 0.384 e. The summed E-state index contributed by atoms with van der Waals surface area (Å²) in [5, 5.41) is 18.8. The Morgan fingerprint density at radius 2 is 2.00 bits per heavy atom. The molecule has 0 bridgehead atoms. The van der Waals surface area contributed by atoms with Crippen molar-refractivity contribution in [2.75, 3.05) is 0 Å². The van der Waals surface area contributed by atoms with E-state index >= 15 is 0 Å². The lowest BCUT2D eigenvalue weighted by Crippen LogP contribution is -2.24. The van der Waals surface area contributed by atoms with Gasteiger partial charge in [-0.15, -0.1) is 4.80 Å². The quantitative estimate of drug-likeness (QED) is 0.515. The number of aromatic nitrogens is 4. The van der Waals surface area contributed by atoms with Crippen LogP contribution in [0.1, 0.15) is 11.1 Å². The monoisotopic (exact) mass is 359 g/mol. The minimum Gasteiger partial charge on any atom is -0.258 e. The molecule has 0 saturated heterocycles. The molecule has 3 aromatic rings. The van der Waals surface area contributed by atoms with Crippen molar-refractivity contribution in [3.8, 4) is 5.69 Å². The van der Waals surface area contributed by atoms with Crippen LogP contribution in [-0.2, 0) is 13.0 Å². The van der Waals surface area contributed by atoms with E-state index in [1.54, 1.807) is 43.3 Å². The van der Waals surface area contributed by atoms with Crippen LogP contribution in [0.5, 0.6) is 0 Å². The van der Waals surface area contributed by atoms with Crippen LogP contribution in [0.15, 0.2) is 47.3 Å². The molecule has 0 amide bonds. The van der Waals surface area contributed by atoms with Crippen LogP contribution in [-0.4, -0.2) is 24.7 Å². The number of benzene rings is 2. The van der Waals surface area contributed by atoms with Crippen molar-refractivity contribution >= 4 is 17.3 Å². The molecular formula is C16H14ClN5O3. The first-order chi connectivity index (χ1) is 12.0. The number of nitro groups is 1. The van der Waals surface area contributed by atoms with Crippen molar-refractivity contribution < 1.29 is 4.92 Å². The molecule has 9 heteroatoms. The fourth-order valence-corrected chi connectivity index (χ4v) is 2.77. The lowest BCUT2D eigenvalue weighted by Gasteiger charge is -2.10. The van der Waals surface area contributed by atoms with E-state index in [1.165, 1.54) is 15.5 Å². The molecular weight excluding hydrogens is 346 g/mol. The van der Waals surface area contributed by atoms with Gasteiger partial charge >= 0.3 is 5.69 Å². The van der Waals surface area contributed by atoms with Gasteiger partial charge in [-0.2, -0.15) is 0 Å². The van der Waals surface area contributed by atoms with Gasteiger partial charge in [-0.25, -0.2) is 9.48 Å². The molecule has 0 aliphatic rings. The van der Waals surface area contributed by atoms with Crippen LogP contribution in [0.25, 0.3) is 5.69 Å². The lowest BCUT2D eigenvalue weighted by atomic mass is 10.1. The Labute approximate surface area is 147 Å². The van der Waals surface area contributed by atoms with E-state index in [2.05, 4.69) is 10.3 Å². The van der Waals surface area contributed by atoms with Crippen LogP contribution < -0.4 is 5.69 Å². The Hall–Kier alpha value is -3.00. The average molecular weight is 360 g/mol. The van der Waals surface area contributed by atoms with E-state index in [-0.39, 0.29) is 5.69 Å². The Bertz CT molecular complexity index is 995. The van der Waals surface area contributed by atoms with Crippen molar-refractivity contribution in [1.82, 2.24) is 19.8 Å². The van der Waals surface area contributed by atoms with Crippen LogP contribution in [0.4, 0.5) is 5.69 Å². The Balaban J connectivity index is 1.87. The van der Waals surface area contributed by atoms with Gasteiger partial charge < -0.3 is 0 Å². The first kappa shape index (κ1) is 16.8. The topological polar surface area (TPSA) is 95.8 Å². The van der Waals surface area contributed by atoms with Crippen molar-refractivity contribution in [2.45, 2.75) is 19.9 Å². The number of tetrazole rings is 1. The molecule has 0 unspecified atom stereocenters. The molecule has 8 nitrogen and oxygen atoms in total. The third kappa shape index (κ3) is 3.43. The number of aryl methyl sites for hydroxylation is 2. The highest BCUT2D eigenvalue weighted by Crippen LogP contribution is 2.20. The summed E-state index contributed by atoms with van der Waals surface area (Å²) in [6.45, 7) is 2.00. The number of hydrogen-bond donors (Lipinski definition) is 0. The van der Waals surface area contributed by atoms with E-state index in [0.717, 1.165) is 5.56 Å². The number of nitro benzene ring substituents is 1. The molecule has 1 heterocycles. The highest BCUT2D eigenvalue weighted by molar-refractivity contribution is 6.32. The van der Waals surface area contributed by atoms with Gasteiger partial charge in [-0.05, 0) is 42.3 Å². The molecule has 0 spiro atoms. The van der Waals surface area contributed by atoms with E-state index in [1.807, 2.05) is 0 Å². The molecule has 0 atom stereocenters. The summed E-state index contributed by atoms with van der Waals surface area (Å²) in [5.74, 6) is 0. The van der Waals surface area contributed by atoms with Gasteiger partial charge in [-0.3, -0.25) is 10.1 Å². The number of para-hydroxylation sites is 1. The predicted octanol–water partition coefficient (Wildman–Crippen LogP) is 2.54. The van der Waals surface area contributed by atoms with Crippen molar-refractivity contribution in [2.24, 2.45) is 0 Å². The zero-order chi connectivity index (χ0) is 18.0. The molecule has 1 aromatic heterocycles. The van der Waals surface area contributed by atoms with Gasteiger partial charge in [-0.1, -0.05) is 34.9 Å².